The summed E-state index contributed by atoms with van der Waals surface area (Å²) in [6.45, 7) is 5.83. The smallest absolute Gasteiger partial charge is 0.311 e. The minimum atomic E-state index is -0.285. The Morgan fingerprint density at radius 1 is 1.35 bits per heavy atom. The van der Waals surface area contributed by atoms with Crippen LogP contribution < -0.4 is 16.6 Å². The maximum absolute atomic E-state index is 12.0. The van der Waals surface area contributed by atoms with E-state index in [9.17, 15) is 9.59 Å². The van der Waals surface area contributed by atoms with Crippen molar-refractivity contribution < 1.29 is 0 Å². The third-order valence-corrected chi connectivity index (χ3v) is 4.12. The molecule has 1 aliphatic heterocycles. The molecule has 2 heterocycles. The van der Waals surface area contributed by atoms with Gasteiger partial charge in [0.25, 0.3) is 5.56 Å². The van der Waals surface area contributed by atoms with E-state index in [0.29, 0.717) is 18.2 Å². The SMILES string of the molecule is CCN1CCCC1CNCc1cn(C)c(=O)n(C)c1=O. The summed E-state index contributed by atoms with van der Waals surface area (Å²) in [5.41, 5.74) is 0.140. The highest BCUT2D eigenvalue weighted by atomic mass is 16.2. The van der Waals surface area contributed by atoms with E-state index in [2.05, 4.69) is 17.1 Å². The molecule has 20 heavy (non-hydrogen) atoms. The number of likely N-dealkylation sites (N-methyl/N-ethyl adjacent to an activating group) is 1. The van der Waals surface area contributed by atoms with Crippen LogP contribution in [0.4, 0.5) is 0 Å². The molecule has 1 atom stereocenters. The standard InChI is InChI=1S/C14H24N4O2/c1-4-18-7-5-6-12(18)9-15-8-11-10-16(2)14(20)17(3)13(11)19/h10,12,15H,4-9H2,1-3H3. The number of likely N-dealkylation sites (tertiary alicyclic amines) is 1. The van der Waals surface area contributed by atoms with Gasteiger partial charge in [0.2, 0.25) is 0 Å². The minimum absolute atomic E-state index is 0.209. The number of aryl methyl sites for hydroxylation is 1. The largest absolute Gasteiger partial charge is 0.330 e. The highest BCUT2D eigenvalue weighted by Gasteiger charge is 2.22. The molecule has 112 valence electrons. The molecule has 1 saturated heterocycles. The molecule has 0 aliphatic carbocycles. The molecule has 0 saturated carbocycles. The summed E-state index contributed by atoms with van der Waals surface area (Å²) in [6.07, 6.45) is 4.10. The van der Waals surface area contributed by atoms with E-state index in [-0.39, 0.29) is 11.2 Å². The van der Waals surface area contributed by atoms with E-state index in [1.165, 1.54) is 31.0 Å². The molecule has 1 aliphatic rings. The van der Waals surface area contributed by atoms with Gasteiger partial charge in [-0.15, -0.1) is 0 Å². The summed E-state index contributed by atoms with van der Waals surface area (Å²) in [7, 11) is 3.19. The topological polar surface area (TPSA) is 59.3 Å². The first-order valence-corrected chi connectivity index (χ1v) is 7.25. The van der Waals surface area contributed by atoms with Crippen LogP contribution in [-0.4, -0.2) is 39.7 Å². The van der Waals surface area contributed by atoms with Crippen LogP contribution in [0.5, 0.6) is 0 Å². The van der Waals surface area contributed by atoms with Crippen molar-refractivity contribution in [1.82, 2.24) is 19.4 Å². The van der Waals surface area contributed by atoms with Crippen molar-refractivity contribution in [2.24, 2.45) is 14.1 Å². The molecule has 1 aromatic heterocycles. The quantitative estimate of drug-likeness (QED) is 0.801. The third kappa shape index (κ3) is 3.02. The summed E-state index contributed by atoms with van der Waals surface area (Å²) in [5.74, 6) is 0. The van der Waals surface area contributed by atoms with Crippen LogP contribution in [0.2, 0.25) is 0 Å². The Morgan fingerprint density at radius 2 is 2.10 bits per heavy atom. The van der Waals surface area contributed by atoms with Crippen molar-refractivity contribution in [3.8, 4) is 0 Å². The average molecular weight is 280 g/mol. The zero-order valence-electron chi connectivity index (χ0n) is 12.6. The lowest BCUT2D eigenvalue weighted by molar-refractivity contribution is 0.259. The monoisotopic (exact) mass is 280 g/mol. The maximum Gasteiger partial charge on any atom is 0.330 e. The Hall–Kier alpha value is -1.40. The molecule has 0 radical (unpaired) electrons. The zero-order valence-corrected chi connectivity index (χ0v) is 12.6. The van der Waals surface area contributed by atoms with E-state index in [4.69, 9.17) is 0 Å². The average Bonchev–Trinajstić information content (AvgIpc) is 2.89. The van der Waals surface area contributed by atoms with Gasteiger partial charge in [-0.25, -0.2) is 4.79 Å². The Labute approximate surface area is 119 Å². The molecule has 1 fully saturated rings. The molecular weight excluding hydrogens is 256 g/mol. The van der Waals surface area contributed by atoms with Gasteiger partial charge in [0.05, 0.1) is 0 Å². The third-order valence-electron chi connectivity index (χ3n) is 4.12. The molecule has 0 amide bonds. The van der Waals surface area contributed by atoms with Crippen molar-refractivity contribution in [3.05, 3.63) is 32.6 Å². The van der Waals surface area contributed by atoms with E-state index in [1.807, 2.05) is 0 Å². The van der Waals surface area contributed by atoms with Crippen molar-refractivity contribution in [3.63, 3.8) is 0 Å². The number of hydrogen-bond acceptors (Lipinski definition) is 4. The highest BCUT2D eigenvalue weighted by Crippen LogP contribution is 2.15. The fraction of sp³-hybridized carbons (Fsp3) is 0.714. The number of nitrogens with zero attached hydrogens (tertiary/aromatic N) is 3. The summed E-state index contributed by atoms with van der Waals surface area (Å²) < 4.78 is 2.61. The van der Waals surface area contributed by atoms with E-state index in [0.717, 1.165) is 17.7 Å². The van der Waals surface area contributed by atoms with Crippen molar-refractivity contribution in [2.45, 2.75) is 32.4 Å². The van der Waals surface area contributed by atoms with Crippen LogP contribution in [0.15, 0.2) is 15.8 Å². The van der Waals surface area contributed by atoms with Crippen LogP contribution in [0.25, 0.3) is 0 Å². The molecule has 0 aromatic carbocycles. The summed E-state index contributed by atoms with van der Waals surface area (Å²) in [5, 5.41) is 3.35. The van der Waals surface area contributed by atoms with Gasteiger partial charge in [-0.1, -0.05) is 6.92 Å². The second-order valence-electron chi connectivity index (χ2n) is 5.47. The van der Waals surface area contributed by atoms with Gasteiger partial charge in [0.1, 0.15) is 0 Å². The van der Waals surface area contributed by atoms with Crippen molar-refractivity contribution in [2.75, 3.05) is 19.6 Å². The summed E-state index contributed by atoms with van der Waals surface area (Å²) in [4.78, 5) is 26.1. The molecule has 6 heteroatoms. The zero-order chi connectivity index (χ0) is 14.7. The van der Waals surface area contributed by atoms with Crippen LogP contribution in [0.3, 0.4) is 0 Å². The minimum Gasteiger partial charge on any atom is -0.311 e. The van der Waals surface area contributed by atoms with Crippen molar-refractivity contribution in [1.29, 1.82) is 0 Å². The Balaban J connectivity index is 1.98. The molecule has 2 rings (SSSR count). The Kier molecular flexibility index (Phi) is 4.77. The van der Waals surface area contributed by atoms with Gasteiger partial charge >= 0.3 is 5.69 Å². The van der Waals surface area contributed by atoms with Crippen LogP contribution in [0, 0.1) is 0 Å². The molecule has 1 N–H and O–H groups in total. The Morgan fingerprint density at radius 3 is 2.80 bits per heavy atom. The first-order chi connectivity index (χ1) is 9.54. The van der Waals surface area contributed by atoms with Crippen molar-refractivity contribution >= 4 is 0 Å². The van der Waals surface area contributed by atoms with Crippen LogP contribution in [0.1, 0.15) is 25.3 Å². The number of aromatic nitrogens is 2. The molecule has 1 unspecified atom stereocenters. The molecule has 0 spiro atoms. The molecular formula is C14H24N4O2. The van der Waals surface area contributed by atoms with Crippen LogP contribution >= 0.6 is 0 Å². The molecule has 1 aromatic rings. The first kappa shape index (κ1) is 15.0. The van der Waals surface area contributed by atoms with Crippen LogP contribution in [-0.2, 0) is 20.6 Å². The highest BCUT2D eigenvalue weighted by molar-refractivity contribution is 5.05. The Bertz CT molecular complexity index is 576. The van der Waals surface area contributed by atoms with E-state index < -0.39 is 0 Å². The second-order valence-corrected chi connectivity index (χ2v) is 5.47. The lowest BCUT2D eigenvalue weighted by Gasteiger charge is -2.23. The maximum atomic E-state index is 12.0. The molecule has 6 nitrogen and oxygen atoms in total. The predicted molar refractivity (Wildman–Crippen MR) is 78.9 cm³/mol. The van der Waals surface area contributed by atoms with Gasteiger partial charge in [-0.2, -0.15) is 0 Å². The normalized spacial score (nSPS) is 19.6. The summed E-state index contributed by atoms with van der Waals surface area (Å²) >= 11 is 0. The number of nitrogens with one attached hydrogen (secondary N) is 1. The predicted octanol–water partition coefficient (Wildman–Crippen LogP) is -0.342. The molecule has 0 bridgehead atoms. The number of rotatable bonds is 5. The lowest BCUT2D eigenvalue weighted by atomic mass is 10.2. The number of hydrogen-bond donors (Lipinski definition) is 1. The van der Waals surface area contributed by atoms with Gasteiger partial charge in [-0.05, 0) is 25.9 Å². The van der Waals surface area contributed by atoms with E-state index >= 15 is 0 Å². The van der Waals surface area contributed by atoms with Gasteiger partial charge in [0, 0.05) is 45.0 Å². The van der Waals surface area contributed by atoms with Gasteiger partial charge in [0.15, 0.2) is 0 Å². The fourth-order valence-electron chi connectivity index (χ4n) is 2.92. The lowest BCUT2D eigenvalue weighted by Crippen LogP contribution is -2.41. The van der Waals surface area contributed by atoms with Gasteiger partial charge in [-0.3, -0.25) is 14.3 Å². The first-order valence-electron chi connectivity index (χ1n) is 7.25. The fourth-order valence-corrected chi connectivity index (χ4v) is 2.92. The second kappa shape index (κ2) is 6.37. The van der Waals surface area contributed by atoms with Gasteiger partial charge < -0.3 is 9.88 Å². The van der Waals surface area contributed by atoms with E-state index in [1.54, 1.807) is 13.2 Å². The summed E-state index contributed by atoms with van der Waals surface area (Å²) in [6, 6.07) is 0.566.